The van der Waals surface area contributed by atoms with Crippen molar-refractivity contribution in [3.05, 3.63) is 24.2 Å². The maximum absolute atomic E-state index is 4.92. The van der Waals surface area contributed by atoms with Crippen LogP contribution in [0.3, 0.4) is 0 Å². The fourth-order valence-corrected chi connectivity index (χ4v) is 4.87. The quantitative estimate of drug-likeness (QED) is 0.873. The molecule has 0 radical (unpaired) electrons. The van der Waals surface area contributed by atoms with Crippen LogP contribution in [0.15, 0.2) is 18.3 Å². The Hall–Kier alpha value is -1.07. The maximum Gasteiger partial charge on any atom is 0.160 e. The van der Waals surface area contributed by atoms with Gasteiger partial charge < -0.3 is 9.47 Å². The molecule has 2 saturated heterocycles. The molecule has 21 heavy (non-hydrogen) atoms. The van der Waals surface area contributed by atoms with Crippen molar-refractivity contribution in [1.82, 2.24) is 19.4 Å². The largest absolute Gasteiger partial charge is 0.309 e. The lowest BCUT2D eigenvalue weighted by Crippen LogP contribution is -2.28. The van der Waals surface area contributed by atoms with Gasteiger partial charge in [-0.1, -0.05) is 0 Å². The Balaban J connectivity index is 1.74. The molecule has 0 saturated carbocycles. The first-order valence-corrected chi connectivity index (χ1v) is 9.08. The number of hydrogen-bond donors (Lipinski definition) is 0. The molecule has 0 N–H and O–H groups in total. The molecule has 2 atom stereocenters. The van der Waals surface area contributed by atoms with Gasteiger partial charge >= 0.3 is 0 Å². The van der Waals surface area contributed by atoms with Crippen LogP contribution in [0.4, 0.5) is 0 Å². The topological polar surface area (TPSA) is 34.0 Å². The van der Waals surface area contributed by atoms with Crippen molar-refractivity contribution in [2.24, 2.45) is 0 Å². The zero-order chi connectivity index (χ0) is 14.2. The molecule has 4 rings (SSSR count). The summed E-state index contributed by atoms with van der Waals surface area (Å²) in [5.41, 5.74) is 2.14. The van der Waals surface area contributed by atoms with Gasteiger partial charge in [-0.3, -0.25) is 0 Å². The highest BCUT2D eigenvalue weighted by molar-refractivity contribution is 7.99. The third kappa shape index (κ3) is 2.46. The second kappa shape index (κ2) is 5.61. The molecule has 0 spiro atoms. The van der Waals surface area contributed by atoms with Crippen molar-refractivity contribution in [3.8, 4) is 0 Å². The van der Waals surface area contributed by atoms with Crippen LogP contribution >= 0.6 is 11.8 Å². The van der Waals surface area contributed by atoms with E-state index in [9.17, 15) is 0 Å². The van der Waals surface area contributed by atoms with E-state index in [1.165, 1.54) is 43.1 Å². The van der Waals surface area contributed by atoms with Crippen molar-refractivity contribution < 1.29 is 0 Å². The molecule has 2 aliphatic rings. The van der Waals surface area contributed by atoms with Crippen LogP contribution in [0.1, 0.15) is 31.1 Å². The van der Waals surface area contributed by atoms with Crippen molar-refractivity contribution in [1.29, 1.82) is 0 Å². The molecule has 0 aliphatic carbocycles. The van der Waals surface area contributed by atoms with Crippen LogP contribution in [-0.4, -0.2) is 50.6 Å². The SMILES string of the molecule is CN1CCCC1Cc1nc2cccnc2n1C1CCSC1. The van der Waals surface area contributed by atoms with Gasteiger partial charge in [-0.05, 0) is 50.7 Å². The van der Waals surface area contributed by atoms with Gasteiger partial charge in [-0.25, -0.2) is 9.97 Å². The lowest BCUT2D eigenvalue weighted by atomic mass is 10.1. The van der Waals surface area contributed by atoms with Crippen LogP contribution in [0.2, 0.25) is 0 Å². The van der Waals surface area contributed by atoms with Crippen molar-refractivity contribution >= 4 is 22.9 Å². The number of thioether (sulfide) groups is 1. The Kier molecular flexibility index (Phi) is 3.63. The fourth-order valence-electron chi connectivity index (χ4n) is 3.68. The van der Waals surface area contributed by atoms with Gasteiger partial charge in [0.15, 0.2) is 5.65 Å². The van der Waals surface area contributed by atoms with Crippen LogP contribution in [0.5, 0.6) is 0 Å². The molecule has 2 aromatic heterocycles. The number of aromatic nitrogens is 3. The standard InChI is InChI=1S/C16H22N4S/c1-19-8-3-4-12(19)10-15-18-14-5-2-7-17-16(14)20(15)13-6-9-21-11-13/h2,5,7,12-13H,3-4,6,8-11H2,1H3. The average molecular weight is 302 g/mol. The van der Waals surface area contributed by atoms with Crippen molar-refractivity contribution in [2.45, 2.75) is 37.8 Å². The first-order valence-electron chi connectivity index (χ1n) is 7.93. The summed E-state index contributed by atoms with van der Waals surface area (Å²) in [5.74, 6) is 3.71. The van der Waals surface area contributed by atoms with Gasteiger partial charge in [-0.2, -0.15) is 11.8 Å². The number of likely N-dealkylation sites (N-methyl/N-ethyl adjacent to an activating group) is 1. The Morgan fingerprint density at radius 2 is 2.33 bits per heavy atom. The Morgan fingerprint density at radius 1 is 1.38 bits per heavy atom. The van der Waals surface area contributed by atoms with Crippen LogP contribution < -0.4 is 0 Å². The zero-order valence-electron chi connectivity index (χ0n) is 12.5. The number of imidazole rings is 1. The molecule has 112 valence electrons. The van der Waals surface area contributed by atoms with E-state index in [0.29, 0.717) is 12.1 Å². The second-order valence-electron chi connectivity index (χ2n) is 6.24. The third-order valence-corrected chi connectivity index (χ3v) is 6.03. The maximum atomic E-state index is 4.92. The summed E-state index contributed by atoms with van der Waals surface area (Å²) in [7, 11) is 2.24. The van der Waals surface area contributed by atoms with Crippen LogP contribution in [0.25, 0.3) is 11.2 Å². The predicted molar refractivity (Wildman–Crippen MR) is 87.9 cm³/mol. The molecule has 2 aliphatic heterocycles. The first-order chi connectivity index (χ1) is 10.3. The minimum atomic E-state index is 0.580. The molecule has 4 heterocycles. The van der Waals surface area contributed by atoms with E-state index in [-0.39, 0.29) is 0 Å². The Morgan fingerprint density at radius 3 is 3.10 bits per heavy atom. The summed E-state index contributed by atoms with van der Waals surface area (Å²) < 4.78 is 2.45. The van der Waals surface area contributed by atoms with E-state index in [1.54, 1.807) is 0 Å². The fraction of sp³-hybridized carbons (Fsp3) is 0.625. The molecule has 0 bridgehead atoms. The molecule has 0 amide bonds. The van der Waals surface area contributed by atoms with Gasteiger partial charge in [-0.15, -0.1) is 0 Å². The van der Waals surface area contributed by atoms with E-state index in [0.717, 1.165) is 17.6 Å². The molecule has 5 heteroatoms. The summed E-state index contributed by atoms with van der Waals surface area (Å²) in [4.78, 5) is 12.0. The highest BCUT2D eigenvalue weighted by Gasteiger charge is 2.27. The number of pyridine rings is 1. The Labute approximate surface area is 129 Å². The summed E-state index contributed by atoms with van der Waals surface area (Å²) in [6.07, 6.45) is 6.83. The number of likely N-dealkylation sites (tertiary alicyclic amines) is 1. The van der Waals surface area contributed by atoms with E-state index in [4.69, 9.17) is 4.98 Å². The highest BCUT2D eigenvalue weighted by atomic mass is 32.2. The van der Waals surface area contributed by atoms with Gasteiger partial charge in [0.05, 0.1) is 0 Å². The van der Waals surface area contributed by atoms with E-state index >= 15 is 0 Å². The van der Waals surface area contributed by atoms with Gasteiger partial charge in [0.25, 0.3) is 0 Å². The molecular weight excluding hydrogens is 280 g/mol. The zero-order valence-corrected chi connectivity index (χ0v) is 13.4. The molecule has 4 nitrogen and oxygen atoms in total. The van der Waals surface area contributed by atoms with Crippen molar-refractivity contribution in [3.63, 3.8) is 0 Å². The summed E-state index contributed by atoms with van der Waals surface area (Å²) in [6.45, 7) is 1.22. The number of nitrogens with zero attached hydrogens (tertiary/aromatic N) is 4. The third-order valence-electron chi connectivity index (χ3n) is 4.88. The minimum absolute atomic E-state index is 0.580. The smallest absolute Gasteiger partial charge is 0.160 e. The van der Waals surface area contributed by atoms with E-state index in [2.05, 4.69) is 39.3 Å². The number of hydrogen-bond acceptors (Lipinski definition) is 4. The van der Waals surface area contributed by atoms with E-state index < -0.39 is 0 Å². The predicted octanol–water partition coefficient (Wildman–Crippen LogP) is 2.75. The molecular formula is C16H22N4S. The molecule has 2 fully saturated rings. The minimum Gasteiger partial charge on any atom is -0.309 e. The average Bonchev–Trinajstić information content (AvgIpc) is 3.19. The lowest BCUT2D eigenvalue weighted by molar-refractivity contribution is 0.302. The molecule has 2 unspecified atom stereocenters. The lowest BCUT2D eigenvalue weighted by Gasteiger charge is -2.21. The normalized spacial score (nSPS) is 26.9. The Bertz CT molecular complexity index is 632. The van der Waals surface area contributed by atoms with E-state index in [1.807, 2.05) is 12.3 Å². The number of fused-ring (bicyclic) bond motifs is 1. The first kappa shape index (κ1) is 13.6. The van der Waals surface area contributed by atoms with Gasteiger partial charge in [0.2, 0.25) is 0 Å². The second-order valence-corrected chi connectivity index (χ2v) is 7.39. The van der Waals surface area contributed by atoms with Gasteiger partial charge in [0.1, 0.15) is 11.3 Å². The van der Waals surface area contributed by atoms with Gasteiger partial charge in [0, 0.05) is 30.5 Å². The number of rotatable bonds is 3. The summed E-state index contributed by atoms with van der Waals surface area (Å²) in [6, 6.07) is 5.32. The van der Waals surface area contributed by atoms with Crippen LogP contribution in [0, 0.1) is 0 Å². The highest BCUT2D eigenvalue weighted by Crippen LogP contribution is 2.32. The van der Waals surface area contributed by atoms with Crippen molar-refractivity contribution in [2.75, 3.05) is 25.1 Å². The summed E-state index contributed by atoms with van der Waals surface area (Å²) >= 11 is 2.05. The molecule has 2 aromatic rings. The van der Waals surface area contributed by atoms with Crippen LogP contribution in [-0.2, 0) is 6.42 Å². The monoisotopic (exact) mass is 302 g/mol. The summed E-state index contributed by atoms with van der Waals surface area (Å²) in [5, 5.41) is 0. The molecule has 0 aromatic carbocycles.